The molecule has 6 nitrogen and oxygen atoms in total. The summed E-state index contributed by atoms with van der Waals surface area (Å²) in [5.41, 5.74) is 0.319. The molecular formula is C13H9BrClN3O3. The van der Waals surface area contributed by atoms with E-state index in [1.165, 1.54) is 18.3 Å². The summed E-state index contributed by atoms with van der Waals surface area (Å²) in [7, 11) is 0. The second-order valence-corrected chi connectivity index (χ2v) is 5.09. The molecule has 2 amide bonds. The van der Waals surface area contributed by atoms with Gasteiger partial charge in [-0.1, -0.05) is 17.7 Å². The number of hydrogen-bond acceptors (Lipinski definition) is 3. The largest absolute Gasteiger partial charge is 0.476 e. The van der Waals surface area contributed by atoms with Gasteiger partial charge in [0.2, 0.25) is 0 Å². The highest BCUT2D eigenvalue weighted by atomic mass is 79.9. The van der Waals surface area contributed by atoms with Crippen LogP contribution >= 0.6 is 27.5 Å². The Morgan fingerprint density at radius 1 is 1.14 bits per heavy atom. The van der Waals surface area contributed by atoms with Crippen LogP contribution in [-0.4, -0.2) is 22.1 Å². The van der Waals surface area contributed by atoms with E-state index in [0.29, 0.717) is 15.2 Å². The van der Waals surface area contributed by atoms with Crippen molar-refractivity contribution in [2.24, 2.45) is 0 Å². The Kier molecular flexibility index (Phi) is 4.77. The third-order valence-electron chi connectivity index (χ3n) is 2.46. The molecule has 0 radical (unpaired) electrons. The molecule has 0 fully saturated rings. The van der Waals surface area contributed by atoms with E-state index in [0.717, 1.165) is 0 Å². The minimum absolute atomic E-state index is 0.0978. The first-order valence-corrected chi connectivity index (χ1v) is 6.86. The molecule has 8 heteroatoms. The van der Waals surface area contributed by atoms with Gasteiger partial charge in [-0.25, -0.2) is 14.6 Å². The summed E-state index contributed by atoms with van der Waals surface area (Å²) in [6, 6.07) is 7.36. The van der Waals surface area contributed by atoms with Crippen LogP contribution in [0, 0.1) is 0 Å². The Labute approximate surface area is 133 Å². The van der Waals surface area contributed by atoms with Gasteiger partial charge < -0.3 is 15.7 Å². The van der Waals surface area contributed by atoms with Crippen molar-refractivity contribution >= 4 is 50.9 Å². The minimum Gasteiger partial charge on any atom is -0.476 e. The van der Waals surface area contributed by atoms with E-state index in [9.17, 15) is 9.59 Å². The number of aromatic nitrogens is 1. The van der Waals surface area contributed by atoms with Crippen LogP contribution in [-0.2, 0) is 0 Å². The number of carboxylic acid groups (broad SMARTS) is 1. The third-order valence-corrected chi connectivity index (χ3v) is 3.86. The number of hydrogen-bond donors (Lipinski definition) is 3. The molecule has 21 heavy (non-hydrogen) atoms. The maximum absolute atomic E-state index is 11.9. The third kappa shape index (κ3) is 3.71. The van der Waals surface area contributed by atoms with Crippen molar-refractivity contribution in [3.8, 4) is 0 Å². The summed E-state index contributed by atoms with van der Waals surface area (Å²) in [4.78, 5) is 26.6. The number of anilines is 2. The second-order valence-electron chi connectivity index (χ2n) is 3.89. The highest BCUT2D eigenvalue weighted by molar-refractivity contribution is 9.10. The summed E-state index contributed by atoms with van der Waals surface area (Å²) >= 11 is 9.17. The van der Waals surface area contributed by atoms with Crippen LogP contribution in [0.4, 0.5) is 16.2 Å². The molecule has 2 rings (SSSR count). The smallest absolute Gasteiger partial charge is 0.356 e. The number of pyridine rings is 1. The zero-order valence-electron chi connectivity index (χ0n) is 10.4. The summed E-state index contributed by atoms with van der Waals surface area (Å²) in [6.45, 7) is 0. The molecule has 0 saturated heterocycles. The van der Waals surface area contributed by atoms with Crippen LogP contribution in [0.15, 0.2) is 41.0 Å². The van der Waals surface area contributed by atoms with Crippen LogP contribution in [0.25, 0.3) is 0 Å². The summed E-state index contributed by atoms with van der Waals surface area (Å²) in [5, 5.41) is 14.4. The molecule has 0 saturated carbocycles. The van der Waals surface area contributed by atoms with Crippen molar-refractivity contribution in [2.75, 3.05) is 10.6 Å². The lowest BCUT2D eigenvalue weighted by atomic mass is 10.3. The molecular weight excluding hydrogens is 362 g/mol. The molecule has 0 atom stereocenters. The summed E-state index contributed by atoms with van der Waals surface area (Å²) < 4.78 is 0.534. The van der Waals surface area contributed by atoms with Crippen molar-refractivity contribution in [2.45, 2.75) is 0 Å². The zero-order valence-corrected chi connectivity index (χ0v) is 12.8. The number of urea groups is 1. The van der Waals surface area contributed by atoms with E-state index in [2.05, 4.69) is 31.5 Å². The number of nitrogens with zero attached hydrogens (tertiary/aromatic N) is 1. The number of benzene rings is 1. The predicted molar refractivity (Wildman–Crippen MR) is 83.0 cm³/mol. The SMILES string of the molecule is O=C(Nc1cccnc1C(=O)O)Nc1cccc(Cl)c1Br. The second kappa shape index (κ2) is 6.55. The van der Waals surface area contributed by atoms with Gasteiger partial charge in [0.25, 0.3) is 0 Å². The Hall–Kier alpha value is -2.12. The monoisotopic (exact) mass is 369 g/mol. The molecule has 1 aromatic heterocycles. The van der Waals surface area contributed by atoms with Crippen LogP contribution in [0.5, 0.6) is 0 Å². The zero-order chi connectivity index (χ0) is 15.4. The van der Waals surface area contributed by atoms with Gasteiger partial charge >= 0.3 is 12.0 Å². The molecule has 0 bridgehead atoms. The lowest BCUT2D eigenvalue weighted by molar-refractivity contribution is 0.0692. The molecule has 0 aliphatic rings. The fourth-order valence-corrected chi connectivity index (χ4v) is 2.09. The number of amides is 2. The van der Waals surface area contributed by atoms with Gasteiger partial charge in [0, 0.05) is 6.20 Å². The topological polar surface area (TPSA) is 91.3 Å². The lowest BCUT2D eigenvalue weighted by Crippen LogP contribution is -2.21. The Morgan fingerprint density at radius 3 is 2.52 bits per heavy atom. The van der Waals surface area contributed by atoms with Crippen molar-refractivity contribution in [1.29, 1.82) is 0 Å². The lowest BCUT2D eigenvalue weighted by Gasteiger charge is -2.10. The van der Waals surface area contributed by atoms with Crippen LogP contribution in [0.1, 0.15) is 10.5 Å². The van der Waals surface area contributed by atoms with E-state index >= 15 is 0 Å². The quantitative estimate of drug-likeness (QED) is 0.765. The van der Waals surface area contributed by atoms with Crippen molar-refractivity contribution in [1.82, 2.24) is 4.98 Å². The molecule has 1 aromatic carbocycles. The molecule has 2 aromatic rings. The number of aromatic carboxylic acids is 1. The average molecular weight is 371 g/mol. The number of halogens is 2. The van der Waals surface area contributed by atoms with E-state index in [-0.39, 0.29) is 11.4 Å². The normalized spacial score (nSPS) is 10.0. The van der Waals surface area contributed by atoms with Gasteiger partial charge in [-0.05, 0) is 40.2 Å². The molecule has 0 spiro atoms. The molecule has 0 aliphatic heterocycles. The van der Waals surface area contributed by atoms with Crippen molar-refractivity contribution < 1.29 is 14.7 Å². The maximum atomic E-state index is 11.9. The number of nitrogens with one attached hydrogen (secondary N) is 2. The molecule has 0 aliphatic carbocycles. The summed E-state index contributed by atoms with van der Waals surface area (Å²) in [6.07, 6.45) is 1.33. The fraction of sp³-hybridized carbons (Fsp3) is 0. The van der Waals surface area contributed by atoms with Crippen LogP contribution in [0.3, 0.4) is 0 Å². The maximum Gasteiger partial charge on any atom is 0.356 e. The van der Waals surface area contributed by atoms with Crippen molar-refractivity contribution in [3.05, 3.63) is 51.7 Å². The molecule has 108 valence electrons. The van der Waals surface area contributed by atoms with Gasteiger partial charge in [0.05, 0.1) is 20.9 Å². The van der Waals surface area contributed by atoms with Gasteiger partial charge in [0.15, 0.2) is 5.69 Å². The van der Waals surface area contributed by atoms with Gasteiger partial charge in [-0.3, -0.25) is 0 Å². The van der Waals surface area contributed by atoms with Crippen LogP contribution in [0.2, 0.25) is 5.02 Å². The highest BCUT2D eigenvalue weighted by Crippen LogP contribution is 2.30. The minimum atomic E-state index is -1.23. The molecule has 0 unspecified atom stereocenters. The van der Waals surface area contributed by atoms with Crippen molar-refractivity contribution in [3.63, 3.8) is 0 Å². The highest BCUT2D eigenvalue weighted by Gasteiger charge is 2.14. The number of carbonyl (C=O) groups is 2. The van der Waals surface area contributed by atoms with Gasteiger partial charge in [0.1, 0.15) is 0 Å². The fourth-order valence-electron chi connectivity index (χ4n) is 1.55. The average Bonchev–Trinajstić information content (AvgIpc) is 2.44. The molecule has 1 heterocycles. The van der Waals surface area contributed by atoms with E-state index in [4.69, 9.17) is 16.7 Å². The standard InChI is InChI=1S/C13H9BrClN3O3/c14-10-7(15)3-1-4-8(10)17-13(21)18-9-5-2-6-16-11(9)12(19)20/h1-6H,(H,19,20)(H2,17,18,21). The van der Waals surface area contributed by atoms with E-state index in [1.807, 2.05) is 0 Å². The number of carboxylic acids is 1. The first kappa shape index (κ1) is 15.3. The first-order chi connectivity index (χ1) is 9.99. The van der Waals surface area contributed by atoms with Gasteiger partial charge in [-0.2, -0.15) is 0 Å². The Balaban J connectivity index is 2.16. The van der Waals surface area contributed by atoms with E-state index in [1.54, 1.807) is 18.2 Å². The van der Waals surface area contributed by atoms with Crippen LogP contribution < -0.4 is 10.6 Å². The Bertz CT molecular complexity index is 709. The van der Waals surface area contributed by atoms with E-state index < -0.39 is 12.0 Å². The first-order valence-electron chi connectivity index (χ1n) is 5.69. The number of rotatable bonds is 3. The molecule has 3 N–H and O–H groups in total. The number of carbonyl (C=O) groups excluding carboxylic acids is 1. The predicted octanol–water partition coefficient (Wildman–Crippen LogP) is 3.84. The van der Waals surface area contributed by atoms with Gasteiger partial charge in [-0.15, -0.1) is 0 Å². The summed E-state index contributed by atoms with van der Waals surface area (Å²) in [5.74, 6) is -1.23. The Morgan fingerprint density at radius 2 is 1.81 bits per heavy atom.